The van der Waals surface area contributed by atoms with Gasteiger partial charge in [0.15, 0.2) is 6.10 Å². The van der Waals surface area contributed by atoms with Crippen LogP contribution in [-0.4, -0.2) is 49.3 Å². The smallest absolute Gasteiger partial charge is 0.462 e. The maximum absolute atomic E-state index is 12.7. The first-order chi connectivity index (χ1) is 35.8. The minimum absolute atomic E-state index is 0.0544. The highest BCUT2D eigenvalue weighted by Crippen LogP contribution is 2.43. The molecule has 0 fully saturated rings. The zero-order valence-corrected chi connectivity index (χ0v) is 48.8. The van der Waals surface area contributed by atoms with Gasteiger partial charge >= 0.3 is 19.8 Å². The molecule has 0 saturated heterocycles. The fraction of sp³-hybridized carbons (Fsp3) is 0.841. The highest BCUT2D eigenvalue weighted by atomic mass is 31.2. The van der Waals surface area contributed by atoms with Crippen LogP contribution in [0.1, 0.15) is 309 Å². The lowest BCUT2D eigenvalue weighted by Crippen LogP contribution is -2.29. The van der Waals surface area contributed by atoms with Crippen LogP contribution >= 0.6 is 7.82 Å². The van der Waals surface area contributed by atoms with Crippen LogP contribution in [0.25, 0.3) is 0 Å². The van der Waals surface area contributed by atoms with E-state index >= 15 is 0 Å². The van der Waals surface area contributed by atoms with Crippen LogP contribution in [0.3, 0.4) is 0 Å². The van der Waals surface area contributed by atoms with Crippen LogP contribution in [0, 0.1) is 0 Å². The summed E-state index contributed by atoms with van der Waals surface area (Å²) in [6.45, 7) is 3.69. The summed E-state index contributed by atoms with van der Waals surface area (Å²) >= 11 is 0. The van der Waals surface area contributed by atoms with Crippen LogP contribution in [0.5, 0.6) is 0 Å². The number of nitrogens with two attached hydrogens (primary N) is 1. The van der Waals surface area contributed by atoms with Gasteiger partial charge in [0.1, 0.15) is 6.61 Å². The van der Waals surface area contributed by atoms with E-state index in [0.717, 1.165) is 64.2 Å². The van der Waals surface area contributed by atoms with Crippen molar-refractivity contribution >= 4 is 19.8 Å². The summed E-state index contributed by atoms with van der Waals surface area (Å²) in [4.78, 5) is 35.3. The van der Waals surface area contributed by atoms with Crippen molar-refractivity contribution in [1.29, 1.82) is 0 Å². The predicted octanol–water partition coefficient (Wildman–Crippen LogP) is 19.7. The molecular formula is C63H118NO8P. The Labute approximate surface area is 451 Å². The molecule has 0 amide bonds. The first kappa shape index (κ1) is 71.0. The van der Waals surface area contributed by atoms with E-state index in [4.69, 9.17) is 24.3 Å². The number of hydrogen-bond donors (Lipinski definition) is 2. The van der Waals surface area contributed by atoms with Gasteiger partial charge in [-0.2, -0.15) is 0 Å². The highest BCUT2D eigenvalue weighted by Gasteiger charge is 2.26. The fourth-order valence-electron chi connectivity index (χ4n) is 9.16. The van der Waals surface area contributed by atoms with Gasteiger partial charge in [-0.1, -0.05) is 294 Å². The third-order valence-corrected chi connectivity index (χ3v) is 14.7. The van der Waals surface area contributed by atoms with Gasteiger partial charge < -0.3 is 20.1 Å². The van der Waals surface area contributed by atoms with Crippen molar-refractivity contribution in [3.8, 4) is 0 Å². The molecule has 73 heavy (non-hydrogen) atoms. The second kappa shape index (κ2) is 59.2. The Balaban J connectivity index is 3.90. The lowest BCUT2D eigenvalue weighted by molar-refractivity contribution is -0.161. The predicted molar refractivity (Wildman–Crippen MR) is 312 cm³/mol. The molecule has 0 aromatic rings. The average molecular weight is 1050 g/mol. The molecule has 0 aromatic heterocycles. The zero-order chi connectivity index (χ0) is 53.1. The summed E-state index contributed by atoms with van der Waals surface area (Å²) in [5.74, 6) is -0.812. The van der Waals surface area contributed by atoms with Gasteiger partial charge in [-0.3, -0.25) is 18.6 Å². The Hall–Kier alpha value is -2.03. The van der Waals surface area contributed by atoms with E-state index in [0.29, 0.717) is 6.42 Å². The standard InChI is InChI=1S/C63H118NO8P/c1-3-5-7-9-11-13-15-17-19-21-23-25-27-29-30-32-34-36-38-40-42-44-46-48-50-52-54-56-63(66)72-61(60-71-73(67,68)70-58-57-64)59-69-62(65)55-53-51-49-47-45-43-41-39-37-35-33-31-28-26-24-22-20-18-16-14-12-10-8-6-4-2/h5,7,11,13,17,19,23,25,61H,3-4,6,8-10,12,14-16,18,20-22,24,26-60,64H2,1-2H3,(H,67,68)/b7-5-,13-11-,19-17-,25-23-. The highest BCUT2D eigenvalue weighted by molar-refractivity contribution is 7.47. The number of carbonyl (C=O) groups is 2. The Morgan fingerprint density at radius 2 is 0.753 bits per heavy atom. The zero-order valence-electron chi connectivity index (χ0n) is 47.9. The fourth-order valence-corrected chi connectivity index (χ4v) is 9.93. The second-order valence-electron chi connectivity index (χ2n) is 20.9. The maximum Gasteiger partial charge on any atom is 0.472 e. The van der Waals surface area contributed by atoms with Crippen molar-refractivity contribution < 1.29 is 37.6 Å². The molecule has 0 aromatic carbocycles. The van der Waals surface area contributed by atoms with Gasteiger partial charge in [-0.25, -0.2) is 4.57 Å². The number of phosphoric acid groups is 1. The Morgan fingerprint density at radius 1 is 0.425 bits per heavy atom. The summed E-state index contributed by atoms with van der Waals surface area (Å²) in [6, 6.07) is 0. The molecule has 0 bridgehead atoms. The molecule has 0 spiro atoms. The number of esters is 2. The van der Waals surface area contributed by atoms with Crippen LogP contribution in [0.2, 0.25) is 0 Å². The number of carbonyl (C=O) groups excluding carboxylic acids is 2. The van der Waals surface area contributed by atoms with Gasteiger partial charge in [-0.15, -0.1) is 0 Å². The van der Waals surface area contributed by atoms with Gasteiger partial charge in [0.05, 0.1) is 13.2 Å². The minimum atomic E-state index is -4.39. The molecule has 0 saturated carbocycles. The van der Waals surface area contributed by atoms with Gasteiger partial charge in [-0.05, 0) is 51.4 Å². The van der Waals surface area contributed by atoms with Crippen molar-refractivity contribution in [1.82, 2.24) is 0 Å². The van der Waals surface area contributed by atoms with Crippen molar-refractivity contribution in [2.75, 3.05) is 26.4 Å². The monoisotopic (exact) mass is 1050 g/mol. The first-order valence-corrected chi connectivity index (χ1v) is 32.6. The maximum atomic E-state index is 12.7. The van der Waals surface area contributed by atoms with E-state index in [1.165, 1.54) is 212 Å². The molecule has 428 valence electrons. The summed E-state index contributed by atoms with van der Waals surface area (Å²) < 4.78 is 33.1. The first-order valence-electron chi connectivity index (χ1n) is 31.1. The van der Waals surface area contributed by atoms with E-state index < -0.39 is 26.5 Å². The summed E-state index contributed by atoms with van der Waals surface area (Å²) in [6.07, 6.45) is 73.2. The average Bonchev–Trinajstić information content (AvgIpc) is 3.38. The number of hydrogen-bond acceptors (Lipinski definition) is 8. The van der Waals surface area contributed by atoms with Crippen LogP contribution in [-0.2, 0) is 32.7 Å². The lowest BCUT2D eigenvalue weighted by atomic mass is 10.0. The van der Waals surface area contributed by atoms with E-state index in [2.05, 4.69) is 62.5 Å². The van der Waals surface area contributed by atoms with Crippen molar-refractivity contribution in [2.45, 2.75) is 315 Å². The molecular weight excluding hydrogens is 930 g/mol. The van der Waals surface area contributed by atoms with Gasteiger partial charge in [0.25, 0.3) is 0 Å². The molecule has 0 aliphatic carbocycles. The number of rotatable bonds is 59. The summed E-state index contributed by atoms with van der Waals surface area (Å²) in [7, 11) is -4.39. The Bertz CT molecular complexity index is 1330. The van der Waals surface area contributed by atoms with Crippen LogP contribution in [0.4, 0.5) is 0 Å². The molecule has 10 heteroatoms. The van der Waals surface area contributed by atoms with Crippen LogP contribution in [0.15, 0.2) is 48.6 Å². The molecule has 0 aliphatic rings. The molecule has 0 aliphatic heterocycles. The molecule has 0 heterocycles. The third kappa shape index (κ3) is 59.1. The van der Waals surface area contributed by atoms with Gasteiger partial charge in [0.2, 0.25) is 0 Å². The number of ether oxygens (including phenoxy) is 2. The lowest BCUT2D eigenvalue weighted by Gasteiger charge is -2.19. The van der Waals surface area contributed by atoms with Crippen molar-refractivity contribution in [3.05, 3.63) is 48.6 Å². The van der Waals surface area contributed by atoms with Crippen LogP contribution < -0.4 is 5.73 Å². The van der Waals surface area contributed by atoms with E-state index in [1.54, 1.807) is 0 Å². The molecule has 2 unspecified atom stereocenters. The van der Waals surface area contributed by atoms with E-state index in [1.807, 2.05) is 0 Å². The normalized spacial score (nSPS) is 13.3. The topological polar surface area (TPSA) is 134 Å². The number of unbranched alkanes of at least 4 members (excludes halogenated alkanes) is 38. The van der Waals surface area contributed by atoms with Crippen molar-refractivity contribution in [3.63, 3.8) is 0 Å². The minimum Gasteiger partial charge on any atom is -0.462 e. The largest absolute Gasteiger partial charge is 0.472 e. The second-order valence-corrected chi connectivity index (χ2v) is 22.4. The Morgan fingerprint density at radius 3 is 1.12 bits per heavy atom. The van der Waals surface area contributed by atoms with Crippen molar-refractivity contribution in [2.24, 2.45) is 5.73 Å². The molecule has 9 nitrogen and oxygen atoms in total. The SMILES string of the molecule is CC/C=C\C/C=C\C/C=C\C/C=C\CCCCCCCCCCCCCCCCC(=O)OC(COC(=O)CCCCCCCCCCCCCCCCCCCCCCCCCCC)COP(=O)(O)OCCN. The summed E-state index contributed by atoms with van der Waals surface area (Å²) in [5.41, 5.74) is 5.39. The summed E-state index contributed by atoms with van der Waals surface area (Å²) in [5, 5.41) is 0. The molecule has 2 atom stereocenters. The molecule has 0 radical (unpaired) electrons. The quantitative estimate of drug-likeness (QED) is 0.0264. The van der Waals surface area contributed by atoms with E-state index in [9.17, 15) is 19.0 Å². The van der Waals surface area contributed by atoms with Gasteiger partial charge in [0, 0.05) is 19.4 Å². The van der Waals surface area contributed by atoms with E-state index in [-0.39, 0.29) is 38.6 Å². The number of phosphoric ester groups is 1. The third-order valence-electron chi connectivity index (χ3n) is 13.7. The number of allylic oxidation sites excluding steroid dienone is 8. The Kier molecular flexibility index (Phi) is 57.6. The molecule has 3 N–H and O–H groups in total. The molecule has 0 rings (SSSR count).